The maximum atomic E-state index is 13.4. The van der Waals surface area contributed by atoms with Gasteiger partial charge in [-0.1, -0.05) is 0 Å². The first kappa shape index (κ1) is 23.8. The molecule has 11 heteroatoms. The molecule has 0 spiro atoms. The monoisotopic (exact) mass is 460 g/mol. The van der Waals surface area contributed by atoms with E-state index in [4.69, 9.17) is 5.26 Å². The van der Waals surface area contributed by atoms with Gasteiger partial charge in [0.25, 0.3) is 5.91 Å². The van der Waals surface area contributed by atoms with E-state index in [9.17, 15) is 22.8 Å². The Morgan fingerprint density at radius 1 is 1.15 bits per heavy atom. The molecule has 0 bridgehead atoms. The van der Waals surface area contributed by atoms with Crippen molar-refractivity contribution in [1.82, 2.24) is 15.2 Å². The zero-order valence-corrected chi connectivity index (χ0v) is 18.3. The third kappa shape index (κ3) is 5.16. The van der Waals surface area contributed by atoms with Crippen LogP contribution in [0.15, 0.2) is 36.5 Å². The zero-order valence-electron chi connectivity index (χ0n) is 18.3. The molecule has 2 atom stereocenters. The van der Waals surface area contributed by atoms with Crippen LogP contribution in [-0.4, -0.2) is 54.0 Å². The fourth-order valence-electron chi connectivity index (χ4n) is 3.77. The number of piperazine rings is 1. The third-order valence-electron chi connectivity index (χ3n) is 5.48. The normalized spacial score (nSPS) is 18.5. The number of hydrogen-bond acceptors (Lipinski definition) is 5. The maximum absolute atomic E-state index is 13.4. The summed E-state index contributed by atoms with van der Waals surface area (Å²) in [5.41, 5.74) is -0.517. The minimum atomic E-state index is -4.64. The van der Waals surface area contributed by atoms with Crippen LogP contribution in [0.3, 0.4) is 0 Å². The highest BCUT2D eigenvalue weighted by molar-refractivity contribution is 5.95. The van der Waals surface area contributed by atoms with Crippen LogP contribution in [0.1, 0.15) is 35.5 Å². The van der Waals surface area contributed by atoms with Crippen LogP contribution >= 0.6 is 0 Å². The third-order valence-corrected chi connectivity index (χ3v) is 5.48. The van der Waals surface area contributed by atoms with Gasteiger partial charge in [-0.3, -0.25) is 9.78 Å². The van der Waals surface area contributed by atoms with Gasteiger partial charge in [0.2, 0.25) is 0 Å². The van der Waals surface area contributed by atoms with Crippen molar-refractivity contribution in [3.05, 3.63) is 53.3 Å². The second-order valence-corrected chi connectivity index (χ2v) is 7.78. The number of amides is 3. The number of hydrogen-bond donors (Lipinski definition) is 2. The highest BCUT2D eigenvalue weighted by atomic mass is 19.4. The van der Waals surface area contributed by atoms with Crippen molar-refractivity contribution in [2.24, 2.45) is 0 Å². The molecular weight excluding hydrogens is 437 g/mol. The van der Waals surface area contributed by atoms with E-state index < -0.39 is 17.3 Å². The van der Waals surface area contributed by atoms with E-state index in [-0.39, 0.29) is 36.3 Å². The number of nitrogens with one attached hydrogen (secondary N) is 2. The molecule has 33 heavy (non-hydrogen) atoms. The predicted octanol–water partition coefficient (Wildman–Crippen LogP) is 3.46. The van der Waals surface area contributed by atoms with Crippen molar-refractivity contribution in [3.63, 3.8) is 0 Å². The lowest BCUT2D eigenvalue weighted by Gasteiger charge is -2.45. The average Bonchev–Trinajstić information content (AvgIpc) is 2.78. The number of pyridine rings is 1. The van der Waals surface area contributed by atoms with Gasteiger partial charge in [0, 0.05) is 49.8 Å². The largest absolute Gasteiger partial charge is 0.417 e. The Labute approximate surface area is 189 Å². The highest BCUT2D eigenvalue weighted by Gasteiger charge is 2.36. The van der Waals surface area contributed by atoms with Crippen LogP contribution in [-0.2, 0) is 6.18 Å². The molecule has 1 aromatic heterocycles. The Bertz CT molecular complexity index is 1100. The Morgan fingerprint density at radius 2 is 1.88 bits per heavy atom. The number of anilines is 2. The molecule has 3 amide bonds. The van der Waals surface area contributed by atoms with Gasteiger partial charge in [-0.2, -0.15) is 18.4 Å². The standard InChI is InChI=1S/C22H23F3N6O2/c1-13-12-31(21(33)29-16-6-7-28-19(8-16)20(32)27-3)14(2)11-30(13)17-5-4-15(10-26)18(9-17)22(23,24)25/h4-9,13-14H,11-12H2,1-3H3,(H,27,32)(H,28,29,33)/t13-,14+/m0/s1. The topological polar surface area (TPSA) is 101 Å². The molecule has 2 N–H and O–H groups in total. The Kier molecular flexibility index (Phi) is 6.76. The molecule has 3 rings (SSSR count). The number of aromatic nitrogens is 1. The Balaban J connectivity index is 1.76. The van der Waals surface area contributed by atoms with Gasteiger partial charge in [0.1, 0.15) is 5.69 Å². The number of alkyl halides is 3. The van der Waals surface area contributed by atoms with Crippen molar-refractivity contribution >= 4 is 23.3 Å². The lowest BCUT2D eigenvalue weighted by Crippen LogP contribution is -2.59. The van der Waals surface area contributed by atoms with Gasteiger partial charge in [-0.25, -0.2) is 4.79 Å². The number of rotatable bonds is 3. The number of urea groups is 1. The lowest BCUT2D eigenvalue weighted by molar-refractivity contribution is -0.137. The highest BCUT2D eigenvalue weighted by Crippen LogP contribution is 2.35. The summed E-state index contributed by atoms with van der Waals surface area (Å²) in [6.45, 7) is 4.18. The summed E-state index contributed by atoms with van der Waals surface area (Å²) in [4.78, 5) is 32.0. The number of carbonyl (C=O) groups excluding carboxylic acids is 2. The van der Waals surface area contributed by atoms with E-state index in [1.165, 1.54) is 31.4 Å². The van der Waals surface area contributed by atoms with Crippen LogP contribution in [0.25, 0.3) is 0 Å². The number of carbonyl (C=O) groups is 2. The molecule has 0 aliphatic carbocycles. The minimum absolute atomic E-state index is 0.155. The van der Waals surface area contributed by atoms with Gasteiger partial charge >= 0.3 is 12.2 Å². The molecule has 2 heterocycles. The van der Waals surface area contributed by atoms with E-state index in [0.29, 0.717) is 17.9 Å². The van der Waals surface area contributed by atoms with E-state index in [0.717, 1.165) is 6.07 Å². The van der Waals surface area contributed by atoms with Gasteiger partial charge in [-0.15, -0.1) is 0 Å². The summed E-state index contributed by atoms with van der Waals surface area (Å²) in [5.74, 6) is -0.387. The molecule has 0 unspecified atom stereocenters. The number of benzene rings is 1. The van der Waals surface area contributed by atoms with Gasteiger partial charge in [-0.05, 0) is 44.2 Å². The fraction of sp³-hybridized carbons (Fsp3) is 0.364. The van der Waals surface area contributed by atoms with E-state index >= 15 is 0 Å². The van der Waals surface area contributed by atoms with Crippen molar-refractivity contribution in [1.29, 1.82) is 5.26 Å². The quantitative estimate of drug-likeness (QED) is 0.731. The molecule has 1 aromatic carbocycles. The van der Waals surface area contributed by atoms with Crippen molar-refractivity contribution in [3.8, 4) is 6.07 Å². The first-order chi connectivity index (χ1) is 15.5. The second kappa shape index (κ2) is 9.36. The molecule has 1 aliphatic heterocycles. The lowest BCUT2D eigenvalue weighted by atomic mass is 10.0. The molecule has 8 nitrogen and oxygen atoms in total. The predicted molar refractivity (Wildman–Crippen MR) is 116 cm³/mol. The second-order valence-electron chi connectivity index (χ2n) is 7.78. The van der Waals surface area contributed by atoms with Crippen LogP contribution < -0.4 is 15.5 Å². The molecular formula is C22H23F3N6O2. The average molecular weight is 460 g/mol. The van der Waals surface area contributed by atoms with Gasteiger partial charge in [0.05, 0.1) is 17.2 Å². The summed E-state index contributed by atoms with van der Waals surface area (Å²) in [6, 6.07) is 7.26. The summed E-state index contributed by atoms with van der Waals surface area (Å²) >= 11 is 0. The fourth-order valence-corrected chi connectivity index (χ4v) is 3.77. The summed E-state index contributed by atoms with van der Waals surface area (Å²) in [5, 5.41) is 14.2. The van der Waals surface area contributed by atoms with E-state index in [1.54, 1.807) is 28.9 Å². The van der Waals surface area contributed by atoms with Crippen LogP contribution in [0.2, 0.25) is 0 Å². The van der Waals surface area contributed by atoms with Crippen molar-refractivity contribution < 1.29 is 22.8 Å². The molecule has 0 radical (unpaired) electrons. The summed E-state index contributed by atoms with van der Waals surface area (Å²) in [6.07, 6.45) is -3.23. The smallest absolute Gasteiger partial charge is 0.365 e. The van der Waals surface area contributed by atoms with Gasteiger partial charge in [0.15, 0.2) is 0 Å². The van der Waals surface area contributed by atoms with Crippen LogP contribution in [0, 0.1) is 11.3 Å². The summed E-state index contributed by atoms with van der Waals surface area (Å²) in [7, 11) is 1.48. The summed E-state index contributed by atoms with van der Waals surface area (Å²) < 4.78 is 40.1. The van der Waals surface area contributed by atoms with Crippen LogP contribution in [0.4, 0.5) is 29.3 Å². The van der Waals surface area contributed by atoms with Crippen LogP contribution in [0.5, 0.6) is 0 Å². The Hall–Kier alpha value is -3.81. The number of halogens is 3. The van der Waals surface area contributed by atoms with Gasteiger partial charge < -0.3 is 20.4 Å². The molecule has 2 aromatic rings. The SMILES string of the molecule is CNC(=O)c1cc(NC(=O)N2C[C@H](C)N(c3ccc(C#N)c(C(F)(F)F)c3)C[C@H]2C)ccn1. The first-order valence-electron chi connectivity index (χ1n) is 10.2. The molecule has 174 valence electrons. The zero-order chi connectivity index (χ0) is 24.3. The van der Waals surface area contributed by atoms with E-state index in [1.807, 2.05) is 6.92 Å². The van der Waals surface area contributed by atoms with Crippen molar-refractivity contribution in [2.75, 3.05) is 30.4 Å². The number of nitriles is 1. The maximum Gasteiger partial charge on any atom is 0.417 e. The molecule has 0 saturated carbocycles. The molecule has 1 saturated heterocycles. The first-order valence-corrected chi connectivity index (χ1v) is 10.2. The number of nitrogens with zero attached hydrogens (tertiary/aromatic N) is 4. The minimum Gasteiger partial charge on any atom is -0.365 e. The van der Waals surface area contributed by atoms with E-state index in [2.05, 4.69) is 15.6 Å². The molecule has 1 fully saturated rings. The Morgan fingerprint density at radius 3 is 2.52 bits per heavy atom. The molecule has 1 aliphatic rings. The van der Waals surface area contributed by atoms with Crippen molar-refractivity contribution in [2.45, 2.75) is 32.1 Å².